The number of nitrogens with one attached hydrogen (secondary N) is 1. The lowest BCUT2D eigenvalue weighted by atomic mass is 10.3. The summed E-state index contributed by atoms with van der Waals surface area (Å²) in [5.41, 5.74) is 0. The fraction of sp³-hybridized carbons (Fsp3) is 0.455. The molecule has 7 heteroatoms. The Balaban J connectivity index is 2.87. The van der Waals surface area contributed by atoms with Gasteiger partial charge in [-0.05, 0) is 47.2 Å². The monoisotopic (exact) mass is 385 g/mol. The number of halogens is 1. The van der Waals surface area contributed by atoms with E-state index in [0.29, 0.717) is 25.3 Å². The first-order chi connectivity index (χ1) is 8.51. The van der Waals surface area contributed by atoms with Crippen LogP contribution in [0.25, 0.3) is 0 Å². The Labute approximate surface area is 121 Å². The Kier molecular flexibility index (Phi) is 6.33. The van der Waals surface area contributed by atoms with Gasteiger partial charge in [-0.25, -0.2) is 13.1 Å². The molecule has 0 spiro atoms. The molecule has 0 amide bonds. The molecule has 0 bridgehead atoms. The van der Waals surface area contributed by atoms with Crippen LogP contribution in [0.2, 0.25) is 0 Å². The van der Waals surface area contributed by atoms with E-state index in [-0.39, 0.29) is 4.90 Å². The molecule has 0 unspecified atom stereocenters. The van der Waals surface area contributed by atoms with Gasteiger partial charge in [0.05, 0.1) is 7.11 Å². The molecule has 18 heavy (non-hydrogen) atoms. The molecule has 0 aliphatic rings. The fourth-order valence-electron chi connectivity index (χ4n) is 1.36. The van der Waals surface area contributed by atoms with Crippen molar-refractivity contribution < 1.29 is 17.9 Å². The summed E-state index contributed by atoms with van der Waals surface area (Å²) in [6.07, 6.45) is 0.627. The van der Waals surface area contributed by atoms with Gasteiger partial charge in [0, 0.05) is 23.8 Å². The van der Waals surface area contributed by atoms with Crippen LogP contribution in [0.1, 0.15) is 6.42 Å². The molecule has 0 fully saturated rings. The van der Waals surface area contributed by atoms with Gasteiger partial charge in [-0.2, -0.15) is 0 Å². The van der Waals surface area contributed by atoms with E-state index in [4.69, 9.17) is 9.47 Å². The second kappa shape index (κ2) is 7.27. The van der Waals surface area contributed by atoms with Crippen molar-refractivity contribution in [3.05, 3.63) is 21.8 Å². The lowest BCUT2D eigenvalue weighted by Gasteiger charge is -2.11. The summed E-state index contributed by atoms with van der Waals surface area (Å²) in [7, 11) is -0.510. The van der Waals surface area contributed by atoms with Gasteiger partial charge in [0.2, 0.25) is 10.0 Å². The molecule has 1 aromatic rings. The van der Waals surface area contributed by atoms with E-state index in [0.717, 1.165) is 3.57 Å². The summed E-state index contributed by atoms with van der Waals surface area (Å²) in [4.78, 5) is 0.161. The summed E-state index contributed by atoms with van der Waals surface area (Å²) in [6.45, 7) is 0.858. The Hall–Kier alpha value is -0.380. The Morgan fingerprint density at radius 3 is 2.67 bits per heavy atom. The van der Waals surface area contributed by atoms with Crippen LogP contribution in [0.4, 0.5) is 0 Å². The number of methoxy groups -OCH3 is 2. The molecule has 102 valence electrons. The first-order valence-electron chi connectivity index (χ1n) is 5.33. The number of hydrogen-bond acceptors (Lipinski definition) is 4. The van der Waals surface area contributed by atoms with E-state index in [1.165, 1.54) is 7.11 Å². The van der Waals surface area contributed by atoms with Gasteiger partial charge in [0.15, 0.2) is 0 Å². The van der Waals surface area contributed by atoms with Crippen molar-refractivity contribution in [3.63, 3.8) is 0 Å². The highest BCUT2D eigenvalue weighted by Gasteiger charge is 2.19. The maximum atomic E-state index is 12.1. The molecule has 0 atom stereocenters. The second-order valence-electron chi connectivity index (χ2n) is 3.54. The average Bonchev–Trinajstić information content (AvgIpc) is 2.35. The van der Waals surface area contributed by atoms with E-state index < -0.39 is 10.0 Å². The van der Waals surface area contributed by atoms with E-state index >= 15 is 0 Å². The van der Waals surface area contributed by atoms with E-state index in [1.807, 2.05) is 0 Å². The van der Waals surface area contributed by atoms with Crippen LogP contribution in [0.3, 0.4) is 0 Å². The minimum Gasteiger partial charge on any atom is -0.495 e. The molecule has 5 nitrogen and oxygen atoms in total. The van der Waals surface area contributed by atoms with Crippen molar-refractivity contribution in [1.82, 2.24) is 4.72 Å². The first kappa shape index (κ1) is 15.7. The van der Waals surface area contributed by atoms with Crippen LogP contribution in [0, 0.1) is 3.57 Å². The van der Waals surface area contributed by atoms with Gasteiger partial charge in [-0.1, -0.05) is 0 Å². The smallest absolute Gasteiger partial charge is 0.244 e. The minimum atomic E-state index is -3.54. The molecule has 0 aliphatic carbocycles. The zero-order valence-corrected chi connectivity index (χ0v) is 13.2. The van der Waals surface area contributed by atoms with Crippen molar-refractivity contribution in [2.75, 3.05) is 27.4 Å². The highest BCUT2D eigenvalue weighted by molar-refractivity contribution is 14.1. The standard InChI is InChI=1S/C11H16INO4S/c1-16-7-3-6-13-18(14,15)11-8-9(12)4-5-10(11)17-2/h4-5,8,13H,3,6-7H2,1-2H3. The second-order valence-corrected chi connectivity index (χ2v) is 6.52. The Morgan fingerprint density at radius 1 is 1.33 bits per heavy atom. The van der Waals surface area contributed by atoms with Crippen molar-refractivity contribution in [3.8, 4) is 5.75 Å². The zero-order valence-electron chi connectivity index (χ0n) is 10.3. The summed E-state index contributed by atoms with van der Waals surface area (Å²) in [5.74, 6) is 0.342. The molecule has 0 aliphatic heterocycles. The van der Waals surface area contributed by atoms with Gasteiger partial charge in [-0.15, -0.1) is 0 Å². The summed E-state index contributed by atoms with van der Waals surface area (Å²) >= 11 is 2.06. The maximum Gasteiger partial charge on any atom is 0.244 e. The highest BCUT2D eigenvalue weighted by atomic mass is 127. The van der Waals surface area contributed by atoms with Crippen LogP contribution in [0.15, 0.2) is 23.1 Å². The number of ether oxygens (including phenoxy) is 2. The van der Waals surface area contributed by atoms with E-state index in [2.05, 4.69) is 27.3 Å². The van der Waals surface area contributed by atoms with E-state index in [1.54, 1.807) is 25.3 Å². The third kappa shape index (κ3) is 4.38. The number of hydrogen-bond donors (Lipinski definition) is 1. The van der Waals surface area contributed by atoms with Gasteiger partial charge in [0.25, 0.3) is 0 Å². The largest absolute Gasteiger partial charge is 0.495 e. The molecule has 0 radical (unpaired) electrons. The zero-order chi connectivity index (χ0) is 13.6. The van der Waals surface area contributed by atoms with Crippen molar-refractivity contribution >= 4 is 32.6 Å². The quantitative estimate of drug-likeness (QED) is 0.572. The topological polar surface area (TPSA) is 64.6 Å². The fourth-order valence-corrected chi connectivity index (χ4v) is 3.33. The minimum absolute atomic E-state index is 0.161. The summed E-state index contributed by atoms with van der Waals surface area (Å²) in [6, 6.07) is 5.02. The highest BCUT2D eigenvalue weighted by Crippen LogP contribution is 2.25. The van der Waals surface area contributed by atoms with Crippen LogP contribution >= 0.6 is 22.6 Å². The summed E-state index contributed by atoms with van der Waals surface area (Å²) < 4.78 is 37.5. The number of sulfonamides is 1. The van der Waals surface area contributed by atoms with Crippen molar-refractivity contribution in [2.24, 2.45) is 0 Å². The maximum absolute atomic E-state index is 12.1. The normalized spacial score (nSPS) is 11.5. The van der Waals surface area contributed by atoms with Gasteiger partial charge in [0.1, 0.15) is 10.6 Å². The molecule has 0 saturated heterocycles. The number of rotatable bonds is 7. The SMILES string of the molecule is COCCCNS(=O)(=O)c1cc(I)ccc1OC. The average molecular weight is 385 g/mol. The lowest BCUT2D eigenvalue weighted by Crippen LogP contribution is -2.26. The molecule has 0 heterocycles. The molecule has 0 saturated carbocycles. The Morgan fingerprint density at radius 2 is 2.06 bits per heavy atom. The molecule has 0 aromatic heterocycles. The van der Waals surface area contributed by atoms with Crippen LogP contribution in [0.5, 0.6) is 5.75 Å². The molecule has 1 N–H and O–H groups in total. The third-order valence-electron chi connectivity index (χ3n) is 2.23. The van der Waals surface area contributed by atoms with Crippen LogP contribution < -0.4 is 9.46 Å². The van der Waals surface area contributed by atoms with Crippen LogP contribution in [-0.2, 0) is 14.8 Å². The first-order valence-corrected chi connectivity index (χ1v) is 7.89. The number of benzene rings is 1. The van der Waals surface area contributed by atoms with Gasteiger partial charge < -0.3 is 9.47 Å². The Bertz CT molecular complexity index is 490. The summed E-state index contributed by atoms with van der Waals surface area (Å²) in [5, 5.41) is 0. The molecular weight excluding hydrogens is 369 g/mol. The third-order valence-corrected chi connectivity index (χ3v) is 4.39. The predicted octanol–water partition coefficient (Wildman–Crippen LogP) is 1.61. The lowest BCUT2D eigenvalue weighted by molar-refractivity contribution is 0.196. The van der Waals surface area contributed by atoms with E-state index in [9.17, 15) is 8.42 Å². The van der Waals surface area contributed by atoms with Gasteiger partial charge in [-0.3, -0.25) is 0 Å². The molecule has 1 rings (SSSR count). The predicted molar refractivity (Wildman–Crippen MR) is 77.4 cm³/mol. The molecular formula is C11H16INO4S. The van der Waals surface area contributed by atoms with Crippen molar-refractivity contribution in [1.29, 1.82) is 0 Å². The van der Waals surface area contributed by atoms with Gasteiger partial charge >= 0.3 is 0 Å². The van der Waals surface area contributed by atoms with Crippen molar-refractivity contribution in [2.45, 2.75) is 11.3 Å². The molecule has 1 aromatic carbocycles. The van der Waals surface area contributed by atoms with Crippen LogP contribution in [-0.4, -0.2) is 35.8 Å².